The molecule has 0 saturated carbocycles. The first-order valence-corrected chi connectivity index (χ1v) is 7.88. The number of hydrogen-bond acceptors (Lipinski definition) is 3. The third-order valence-electron chi connectivity index (χ3n) is 3.49. The Morgan fingerprint density at radius 2 is 2.00 bits per heavy atom. The molecule has 1 fully saturated rings. The van der Waals surface area contributed by atoms with E-state index in [1.807, 2.05) is 6.08 Å². The molecule has 1 aromatic rings. The van der Waals surface area contributed by atoms with Gasteiger partial charge in [-0.1, -0.05) is 18.2 Å². The lowest BCUT2D eigenvalue weighted by Gasteiger charge is -2.28. The van der Waals surface area contributed by atoms with Gasteiger partial charge in [0.1, 0.15) is 0 Å². The largest absolute Gasteiger partial charge is 0.378 e. The highest BCUT2D eigenvalue weighted by molar-refractivity contribution is 5.79. The number of ether oxygens (including phenoxy) is 1. The second-order valence-electron chi connectivity index (χ2n) is 5.13. The van der Waals surface area contributed by atoms with Crippen LogP contribution in [0.4, 0.5) is 5.69 Å². The number of nitrogens with zero attached hydrogens (tertiary/aromatic N) is 2. The lowest BCUT2D eigenvalue weighted by molar-refractivity contribution is 0.122. The van der Waals surface area contributed by atoms with Crippen LogP contribution in [0.3, 0.4) is 0 Å². The predicted octanol–water partition coefficient (Wildman–Crippen LogP) is 1.76. The van der Waals surface area contributed by atoms with Gasteiger partial charge >= 0.3 is 0 Å². The molecule has 0 radical (unpaired) electrons. The van der Waals surface area contributed by atoms with Crippen LogP contribution in [0.2, 0.25) is 0 Å². The summed E-state index contributed by atoms with van der Waals surface area (Å²) in [6, 6.07) is 8.62. The molecule has 22 heavy (non-hydrogen) atoms. The number of guanidine groups is 1. The standard InChI is InChI=1S/C17H26N4O/c1-3-9-19-17(18-4-2)20-14-15-5-7-16(8-6-15)21-10-12-22-13-11-21/h3,5-8H,1,4,9-14H2,2H3,(H2,18,19,20). The summed E-state index contributed by atoms with van der Waals surface area (Å²) >= 11 is 0. The summed E-state index contributed by atoms with van der Waals surface area (Å²) in [5, 5.41) is 6.42. The van der Waals surface area contributed by atoms with Crippen molar-refractivity contribution < 1.29 is 4.74 Å². The van der Waals surface area contributed by atoms with E-state index in [0.29, 0.717) is 13.1 Å². The molecule has 0 unspecified atom stereocenters. The Morgan fingerprint density at radius 3 is 2.64 bits per heavy atom. The van der Waals surface area contributed by atoms with Crippen LogP contribution < -0.4 is 15.5 Å². The maximum absolute atomic E-state index is 5.38. The fourth-order valence-electron chi connectivity index (χ4n) is 2.31. The van der Waals surface area contributed by atoms with Gasteiger partial charge in [-0.15, -0.1) is 6.58 Å². The van der Waals surface area contributed by atoms with Crippen molar-refractivity contribution in [3.63, 3.8) is 0 Å². The lowest BCUT2D eigenvalue weighted by atomic mass is 10.2. The molecule has 2 N–H and O–H groups in total. The van der Waals surface area contributed by atoms with E-state index in [9.17, 15) is 0 Å². The zero-order chi connectivity index (χ0) is 15.6. The van der Waals surface area contributed by atoms with Gasteiger partial charge in [0.25, 0.3) is 0 Å². The van der Waals surface area contributed by atoms with Crippen LogP contribution >= 0.6 is 0 Å². The highest BCUT2D eigenvalue weighted by atomic mass is 16.5. The minimum absolute atomic E-state index is 0.663. The van der Waals surface area contributed by atoms with E-state index in [1.54, 1.807) is 0 Å². The number of nitrogens with one attached hydrogen (secondary N) is 2. The highest BCUT2D eigenvalue weighted by Crippen LogP contribution is 2.17. The van der Waals surface area contributed by atoms with Crippen molar-refractivity contribution in [2.45, 2.75) is 13.5 Å². The van der Waals surface area contributed by atoms with Crippen molar-refractivity contribution in [3.05, 3.63) is 42.5 Å². The molecule has 1 aromatic carbocycles. The van der Waals surface area contributed by atoms with Gasteiger partial charge in [-0.3, -0.25) is 0 Å². The summed E-state index contributed by atoms with van der Waals surface area (Å²) in [4.78, 5) is 6.93. The molecule has 5 heteroatoms. The molecule has 120 valence electrons. The number of anilines is 1. The maximum Gasteiger partial charge on any atom is 0.191 e. The van der Waals surface area contributed by atoms with E-state index < -0.39 is 0 Å². The van der Waals surface area contributed by atoms with Crippen molar-refractivity contribution in [2.24, 2.45) is 4.99 Å². The van der Waals surface area contributed by atoms with Gasteiger partial charge in [-0.2, -0.15) is 0 Å². The van der Waals surface area contributed by atoms with E-state index in [0.717, 1.165) is 38.8 Å². The van der Waals surface area contributed by atoms with Gasteiger partial charge in [-0.05, 0) is 24.6 Å². The van der Waals surface area contributed by atoms with Crippen molar-refractivity contribution in [1.29, 1.82) is 0 Å². The molecule has 2 rings (SSSR count). The van der Waals surface area contributed by atoms with E-state index in [-0.39, 0.29) is 0 Å². The zero-order valence-electron chi connectivity index (χ0n) is 13.3. The highest BCUT2D eigenvalue weighted by Gasteiger charge is 2.10. The van der Waals surface area contributed by atoms with E-state index in [4.69, 9.17) is 4.74 Å². The summed E-state index contributed by atoms with van der Waals surface area (Å²) < 4.78 is 5.38. The van der Waals surface area contributed by atoms with Gasteiger partial charge in [-0.25, -0.2) is 4.99 Å². The first-order valence-electron chi connectivity index (χ1n) is 7.88. The van der Waals surface area contributed by atoms with Crippen molar-refractivity contribution in [3.8, 4) is 0 Å². The summed E-state index contributed by atoms with van der Waals surface area (Å²) in [6.07, 6.45) is 1.82. The van der Waals surface area contributed by atoms with Gasteiger partial charge in [0.15, 0.2) is 5.96 Å². The lowest BCUT2D eigenvalue weighted by Crippen LogP contribution is -2.37. The number of hydrogen-bond donors (Lipinski definition) is 2. The monoisotopic (exact) mass is 302 g/mol. The molecule has 1 saturated heterocycles. The van der Waals surface area contributed by atoms with Crippen LogP contribution in [0.25, 0.3) is 0 Å². The number of aliphatic imine (C=N–C) groups is 1. The van der Waals surface area contributed by atoms with Crippen LogP contribution in [0.5, 0.6) is 0 Å². The van der Waals surface area contributed by atoms with Crippen LogP contribution in [-0.4, -0.2) is 45.4 Å². The Morgan fingerprint density at radius 1 is 1.27 bits per heavy atom. The van der Waals surface area contributed by atoms with Crippen molar-refractivity contribution in [2.75, 3.05) is 44.3 Å². The molecule has 0 aliphatic carbocycles. The minimum Gasteiger partial charge on any atom is -0.378 e. The van der Waals surface area contributed by atoms with Gasteiger partial charge in [0.05, 0.1) is 19.8 Å². The Hall–Kier alpha value is -2.01. The smallest absolute Gasteiger partial charge is 0.191 e. The summed E-state index contributed by atoms with van der Waals surface area (Å²) in [5.41, 5.74) is 2.46. The maximum atomic E-state index is 5.38. The van der Waals surface area contributed by atoms with Crippen LogP contribution in [-0.2, 0) is 11.3 Å². The zero-order valence-corrected chi connectivity index (χ0v) is 13.3. The van der Waals surface area contributed by atoms with Gasteiger partial charge in [0, 0.05) is 31.9 Å². The molecule has 1 aliphatic heterocycles. The average molecular weight is 302 g/mol. The van der Waals surface area contributed by atoms with E-state index in [1.165, 1.54) is 11.3 Å². The number of morpholine rings is 1. The molecule has 5 nitrogen and oxygen atoms in total. The van der Waals surface area contributed by atoms with Crippen LogP contribution in [0, 0.1) is 0 Å². The fourth-order valence-corrected chi connectivity index (χ4v) is 2.31. The second-order valence-corrected chi connectivity index (χ2v) is 5.13. The normalized spacial score (nSPS) is 15.5. The summed E-state index contributed by atoms with van der Waals surface area (Å²) in [6.45, 7) is 11.5. The minimum atomic E-state index is 0.663. The molecule has 0 aromatic heterocycles. The second kappa shape index (κ2) is 9.10. The molecular formula is C17H26N4O. The Kier molecular flexibility index (Phi) is 6.77. The van der Waals surface area contributed by atoms with E-state index in [2.05, 4.69) is 58.3 Å². The third-order valence-corrected chi connectivity index (χ3v) is 3.49. The predicted molar refractivity (Wildman–Crippen MR) is 92.5 cm³/mol. The molecule has 1 aliphatic rings. The van der Waals surface area contributed by atoms with Crippen molar-refractivity contribution >= 4 is 11.6 Å². The molecule has 0 bridgehead atoms. The fraction of sp³-hybridized carbons (Fsp3) is 0.471. The molecule has 1 heterocycles. The quantitative estimate of drug-likeness (QED) is 0.478. The van der Waals surface area contributed by atoms with Crippen molar-refractivity contribution in [1.82, 2.24) is 10.6 Å². The van der Waals surface area contributed by atoms with Crippen LogP contribution in [0.1, 0.15) is 12.5 Å². The topological polar surface area (TPSA) is 48.9 Å². The number of rotatable bonds is 6. The SMILES string of the molecule is C=CCNC(=NCc1ccc(N2CCOCC2)cc1)NCC. The van der Waals surface area contributed by atoms with Gasteiger partial charge in [0.2, 0.25) is 0 Å². The first kappa shape index (κ1) is 16.4. The molecule has 0 amide bonds. The van der Waals surface area contributed by atoms with Gasteiger partial charge < -0.3 is 20.3 Å². The molecule has 0 spiro atoms. The Balaban J connectivity index is 1.92. The van der Waals surface area contributed by atoms with E-state index >= 15 is 0 Å². The van der Waals surface area contributed by atoms with Crippen LogP contribution in [0.15, 0.2) is 41.9 Å². The average Bonchev–Trinajstić information content (AvgIpc) is 2.58. The molecule has 0 atom stereocenters. The number of benzene rings is 1. The molecular weight excluding hydrogens is 276 g/mol. The third kappa shape index (κ3) is 5.07. The Labute approximate surface area is 133 Å². The first-order chi connectivity index (χ1) is 10.8. The Bertz CT molecular complexity index is 478. The summed E-state index contributed by atoms with van der Waals surface area (Å²) in [5.74, 6) is 0.819. The summed E-state index contributed by atoms with van der Waals surface area (Å²) in [7, 11) is 0.